The van der Waals surface area contributed by atoms with Crippen molar-refractivity contribution in [3.8, 4) is 6.07 Å². The first-order valence-electron chi connectivity index (χ1n) is 6.26. The van der Waals surface area contributed by atoms with E-state index in [-0.39, 0.29) is 0 Å². The number of benzene rings is 2. The van der Waals surface area contributed by atoms with E-state index in [1.165, 1.54) is 12.1 Å². The lowest BCUT2D eigenvalue weighted by Gasteiger charge is -2.07. The number of aromatic amines is 1. The van der Waals surface area contributed by atoms with E-state index >= 15 is 0 Å². The van der Waals surface area contributed by atoms with E-state index < -0.39 is 5.82 Å². The zero-order valence-electron chi connectivity index (χ0n) is 10.7. The predicted molar refractivity (Wildman–Crippen MR) is 76.7 cm³/mol. The number of nitrogens with one attached hydrogen (secondary N) is 2. The lowest BCUT2D eigenvalue weighted by molar-refractivity contribution is 0.627. The number of hydrogen-bond donors (Lipinski definition) is 2. The van der Waals surface area contributed by atoms with E-state index in [1.54, 1.807) is 6.07 Å². The van der Waals surface area contributed by atoms with Crippen molar-refractivity contribution in [1.29, 1.82) is 5.26 Å². The average molecular weight is 265 g/mol. The predicted octanol–water partition coefficient (Wildman–Crippen LogP) is 3.79. The van der Waals surface area contributed by atoms with Crippen LogP contribution in [0.3, 0.4) is 0 Å². The first kappa shape index (κ1) is 12.2. The van der Waals surface area contributed by atoms with Gasteiger partial charge in [-0.15, -0.1) is 0 Å². The molecule has 0 spiro atoms. The van der Waals surface area contributed by atoms with Gasteiger partial charge in [-0.05, 0) is 29.8 Å². The molecule has 0 radical (unpaired) electrons. The highest BCUT2D eigenvalue weighted by atomic mass is 19.1. The van der Waals surface area contributed by atoms with E-state index in [1.807, 2.05) is 36.5 Å². The Labute approximate surface area is 115 Å². The van der Waals surface area contributed by atoms with Crippen molar-refractivity contribution >= 4 is 16.6 Å². The summed E-state index contributed by atoms with van der Waals surface area (Å²) in [5, 5.41) is 13.3. The second-order valence-corrected chi connectivity index (χ2v) is 4.51. The van der Waals surface area contributed by atoms with Gasteiger partial charge in [0.25, 0.3) is 0 Å². The lowest BCUT2D eigenvalue weighted by Crippen LogP contribution is -2.01. The molecule has 20 heavy (non-hydrogen) atoms. The van der Waals surface area contributed by atoms with Crippen LogP contribution in [-0.4, -0.2) is 4.98 Å². The van der Waals surface area contributed by atoms with Crippen molar-refractivity contribution in [1.82, 2.24) is 4.98 Å². The normalized spacial score (nSPS) is 10.4. The summed E-state index contributed by atoms with van der Waals surface area (Å²) in [7, 11) is 0. The van der Waals surface area contributed by atoms with Gasteiger partial charge in [0.05, 0.1) is 11.3 Å². The molecule has 0 unspecified atom stereocenters. The third kappa shape index (κ3) is 2.21. The molecule has 3 aromatic rings. The topological polar surface area (TPSA) is 51.6 Å². The van der Waals surface area contributed by atoms with Crippen LogP contribution in [-0.2, 0) is 6.54 Å². The number of H-pyrrole nitrogens is 1. The molecule has 0 bridgehead atoms. The summed E-state index contributed by atoms with van der Waals surface area (Å²) < 4.78 is 13.1. The Morgan fingerprint density at radius 2 is 2.05 bits per heavy atom. The zero-order valence-corrected chi connectivity index (χ0v) is 10.7. The summed E-state index contributed by atoms with van der Waals surface area (Å²) in [6.45, 7) is 0.574. The molecule has 0 amide bonds. The van der Waals surface area contributed by atoms with Crippen LogP contribution >= 0.6 is 0 Å². The fourth-order valence-corrected chi connectivity index (χ4v) is 2.23. The third-order valence-electron chi connectivity index (χ3n) is 3.25. The van der Waals surface area contributed by atoms with Crippen molar-refractivity contribution < 1.29 is 4.39 Å². The highest BCUT2D eigenvalue weighted by Crippen LogP contribution is 2.21. The van der Waals surface area contributed by atoms with Gasteiger partial charge in [0.15, 0.2) is 0 Å². The fourth-order valence-electron chi connectivity index (χ4n) is 2.23. The van der Waals surface area contributed by atoms with Crippen molar-refractivity contribution in [2.24, 2.45) is 0 Å². The number of anilines is 1. The minimum atomic E-state index is -0.404. The van der Waals surface area contributed by atoms with Crippen LogP contribution in [0.1, 0.15) is 11.1 Å². The lowest BCUT2D eigenvalue weighted by atomic mass is 10.1. The minimum Gasteiger partial charge on any atom is -0.380 e. The summed E-state index contributed by atoms with van der Waals surface area (Å²) in [4.78, 5) is 3.20. The molecular weight excluding hydrogens is 253 g/mol. The van der Waals surface area contributed by atoms with Crippen molar-refractivity contribution in [3.05, 3.63) is 65.6 Å². The molecule has 0 saturated carbocycles. The molecule has 3 nitrogen and oxygen atoms in total. The maximum absolute atomic E-state index is 13.1. The van der Waals surface area contributed by atoms with Crippen molar-refractivity contribution in [3.63, 3.8) is 0 Å². The number of hydrogen-bond acceptors (Lipinski definition) is 2. The maximum atomic E-state index is 13.1. The first-order chi connectivity index (χ1) is 9.78. The number of para-hydroxylation sites is 1. The van der Waals surface area contributed by atoms with Crippen LogP contribution in [0.15, 0.2) is 48.7 Å². The van der Waals surface area contributed by atoms with E-state index in [4.69, 9.17) is 5.26 Å². The summed E-state index contributed by atoms with van der Waals surface area (Å²) >= 11 is 0. The molecule has 2 aromatic carbocycles. The van der Waals surface area contributed by atoms with Gasteiger partial charge in [0, 0.05) is 23.6 Å². The van der Waals surface area contributed by atoms with E-state index in [9.17, 15) is 4.39 Å². The monoisotopic (exact) mass is 265 g/mol. The summed E-state index contributed by atoms with van der Waals surface area (Å²) in [5.41, 5.74) is 3.13. The van der Waals surface area contributed by atoms with Crippen LogP contribution in [0, 0.1) is 17.1 Å². The summed E-state index contributed by atoms with van der Waals surface area (Å²) in [5.74, 6) is -0.404. The van der Waals surface area contributed by atoms with E-state index in [0.717, 1.165) is 16.5 Å². The Hall–Kier alpha value is -2.80. The molecule has 1 aromatic heterocycles. The van der Waals surface area contributed by atoms with Crippen molar-refractivity contribution in [2.45, 2.75) is 6.54 Å². The smallest absolute Gasteiger partial charge is 0.124 e. The van der Waals surface area contributed by atoms with E-state index in [2.05, 4.69) is 10.3 Å². The molecule has 1 heterocycles. The number of fused-ring (bicyclic) bond motifs is 1. The Morgan fingerprint density at radius 3 is 2.90 bits per heavy atom. The molecule has 3 rings (SSSR count). The molecule has 98 valence electrons. The summed E-state index contributed by atoms with van der Waals surface area (Å²) in [6, 6.07) is 14.2. The van der Waals surface area contributed by atoms with Crippen LogP contribution in [0.5, 0.6) is 0 Å². The number of nitrogens with zero attached hydrogens (tertiary/aromatic N) is 1. The highest BCUT2D eigenvalue weighted by molar-refractivity contribution is 5.83. The minimum absolute atomic E-state index is 0.310. The van der Waals surface area contributed by atoms with Crippen LogP contribution < -0.4 is 5.32 Å². The second kappa shape index (κ2) is 5.06. The van der Waals surface area contributed by atoms with Crippen LogP contribution in [0.2, 0.25) is 0 Å². The van der Waals surface area contributed by atoms with Crippen molar-refractivity contribution in [2.75, 3.05) is 5.32 Å². The number of nitriles is 1. The molecule has 0 fully saturated rings. The number of aromatic nitrogens is 1. The summed E-state index contributed by atoms with van der Waals surface area (Å²) in [6.07, 6.45) is 1.94. The van der Waals surface area contributed by atoms with Gasteiger partial charge >= 0.3 is 0 Å². The van der Waals surface area contributed by atoms with Gasteiger partial charge < -0.3 is 10.3 Å². The Bertz CT molecular complexity index is 799. The number of rotatable bonds is 3. The van der Waals surface area contributed by atoms with Crippen LogP contribution in [0.25, 0.3) is 10.9 Å². The van der Waals surface area contributed by atoms with Gasteiger partial charge in [0.2, 0.25) is 0 Å². The largest absolute Gasteiger partial charge is 0.380 e. The fraction of sp³-hybridized carbons (Fsp3) is 0.0625. The second-order valence-electron chi connectivity index (χ2n) is 4.51. The molecular formula is C16H12FN3. The highest BCUT2D eigenvalue weighted by Gasteiger charge is 2.06. The average Bonchev–Trinajstić information content (AvgIpc) is 2.89. The third-order valence-corrected chi connectivity index (χ3v) is 3.25. The standard InChI is InChI=1S/C16H12FN3/c17-13-5-6-15(11(7-13)8-18)19-9-12-10-20-16-4-2-1-3-14(12)16/h1-7,10,19-20H,9H2. The molecule has 0 saturated heterocycles. The van der Waals surface area contributed by atoms with Gasteiger partial charge in [-0.2, -0.15) is 5.26 Å². The molecule has 0 aliphatic rings. The quantitative estimate of drug-likeness (QED) is 0.757. The van der Waals surface area contributed by atoms with Gasteiger partial charge in [-0.3, -0.25) is 0 Å². The molecule has 2 N–H and O–H groups in total. The molecule has 4 heteroatoms. The molecule has 0 aliphatic carbocycles. The Morgan fingerprint density at radius 1 is 1.20 bits per heavy atom. The Balaban J connectivity index is 1.85. The molecule has 0 atom stereocenters. The molecule has 0 aliphatic heterocycles. The van der Waals surface area contributed by atoms with Crippen LogP contribution in [0.4, 0.5) is 10.1 Å². The zero-order chi connectivity index (χ0) is 13.9. The first-order valence-corrected chi connectivity index (χ1v) is 6.26. The number of halogens is 1. The van der Waals surface area contributed by atoms with Gasteiger partial charge in [0.1, 0.15) is 11.9 Å². The van der Waals surface area contributed by atoms with E-state index in [0.29, 0.717) is 17.8 Å². The van der Waals surface area contributed by atoms with Gasteiger partial charge in [-0.25, -0.2) is 4.39 Å². The Kier molecular flexibility index (Phi) is 3.10. The maximum Gasteiger partial charge on any atom is 0.124 e. The SMILES string of the molecule is N#Cc1cc(F)ccc1NCc1c[nH]c2ccccc12. The van der Waals surface area contributed by atoms with Gasteiger partial charge in [-0.1, -0.05) is 18.2 Å².